The van der Waals surface area contributed by atoms with Gasteiger partial charge in [0.25, 0.3) is 0 Å². The van der Waals surface area contributed by atoms with Crippen molar-refractivity contribution in [1.29, 1.82) is 0 Å². The molecule has 1 aromatic rings. The fourth-order valence-corrected chi connectivity index (χ4v) is 3.25. The highest BCUT2D eigenvalue weighted by Crippen LogP contribution is 2.30. The molecule has 1 aromatic carbocycles. The first-order chi connectivity index (χ1) is 10.5. The molecule has 0 bridgehead atoms. The average molecular weight is 303 g/mol. The van der Waals surface area contributed by atoms with Crippen molar-refractivity contribution in [3.8, 4) is 5.75 Å². The molecule has 1 aliphatic rings. The Balaban J connectivity index is 1.94. The van der Waals surface area contributed by atoms with Crippen molar-refractivity contribution in [2.45, 2.75) is 39.0 Å². The summed E-state index contributed by atoms with van der Waals surface area (Å²) < 4.78 is 0. The van der Waals surface area contributed by atoms with Gasteiger partial charge in [0.15, 0.2) is 5.78 Å². The summed E-state index contributed by atoms with van der Waals surface area (Å²) in [6.45, 7) is 2.03. The Bertz CT molecular complexity index is 535. The van der Waals surface area contributed by atoms with Gasteiger partial charge in [0.1, 0.15) is 5.75 Å². The van der Waals surface area contributed by atoms with Crippen LogP contribution in [0.4, 0.5) is 0 Å². The van der Waals surface area contributed by atoms with Crippen LogP contribution in [0.3, 0.4) is 0 Å². The first-order valence-corrected chi connectivity index (χ1v) is 8.06. The Kier molecular flexibility index (Phi) is 5.58. The van der Waals surface area contributed by atoms with Crippen molar-refractivity contribution in [1.82, 2.24) is 4.90 Å². The van der Waals surface area contributed by atoms with Crippen LogP contribution in [0.25, 0.3) is 0 Å². The van der Waals surface area contributed by atoms with E-state index in [2.05, 4.69) is 0 Å². The highest BCUT2D eigenvalue weighted by molar-refractivity contribution is 5.99. The number of rotatable bonds is 5. The first kappa shape index (κ1) is 16.5. The molecule has 0 spiro atoms. The number of hydrogen-bond donors (Lipinski definition) is 1. The second-order valence-electron chi connectivity index (χ2n) is 6.35. The van der Waals surface area contributed by atoms with Gasteiger partial charge in [-0.1, -0.05) is 38.3 Å². The van der Waals surface area contributed by atoms with Crippen LogP contribution in [-0.4, -0.2) is 35.3 Å². The number of aromatic hydroxyl groups is 1. The third-order valence-corrected chi connectivity index (χ3v) is 4.67. The lowest BCUT2D eigenvalue weighted by Crippen LogP contribution is -2.38. The van der Waals surface area contributed by atoms with E-state index in [9.17, 15) is 14.7 Å². The molecule has 0 saturated heterocycles. The minimum Gasteiger partial charge on any atom is -0.508 e. The molecule has 0 heterocycles. The van der Waals surface area contributed by atoms with Crippen molar-refractivity contribution < 1.29 is 14.7 Å². The number of ketones is 1. The summed E-state index contributed by atoms with van der Waals surface area (Å²) in [6, 6.07) is 6.25. The topological polar surface area (TPSA) is 57.6 Å². The van der Waals surface area contributed by atoms with E-state index in [0.29, 0.717) is 11.5 Å². The van der Waals surface area contributed by atoms with Gasteiger partial charge in [-0.2, -0.15) is 0 Å². The van der Waals surface area contributed by atoms with Crippen molar-refractivity contribution in [2.24, 2.45) is 11.8 Å². The first-order valence-electron chi connectivity index (χ1n) is 8.06. The molecule has 1 fully saturated rings. The van der Waals surface area contributed by atoms with Gasteiger partial charge in [0.2, 0.25) is 5.91 Å². The average Bonchev–Trinajstić information content (AvgIpc) is 2.54. The van der Waals surface area contributed by atoms with E-state index in [0.717, 1.165) is 12.8 Å². The molecule has 1 N–H and O–H groups in total. The van der Waals surface area contributed by atoms with Gasteiger partial charge in [0.05, 0.1) is 6.54 Å². The Morgan fingerprint density at radius 3 is 2.59 bits per heavy atom. The molecule has 0 aromatic heterocycles. The van der Waals surface area contributed by atoms with Gasteiger partial charge in [0, 0.05) is 18.5 Å². The van der Waals surface area contributed by atoms with Crippen LogP contribution in [0, 0.1) is 11.8 Å². The summed E-state index contributed by atoms with van der Waals surface area (Å²) in [4.78, 5) is 26.2. The zero-order valence-corrected chi connectivity index (χ0v) is 13.4. The van der Waals surface area contributed by atoms with Crippen molar-refractivity contribution in [3.63, 3.8) is 0 Å². The molecule has 0 radical (unpaired) electrons. The van der Waals surface area contributed by atoms with Gasteiger partial charge in [-0.3, -0.25) is 9.59 Å². The van der Waals surface area contributed by atoms with Gasteiger partial charge < -0.3 is 10.0 Å². The van der Waals surface area contributed by atoms with E-state index < -0.39 is 0 Å². The Morgan fingerprint density at radius 2 is 1.95 bits per heavy atom. The smallest absolute Gasteiger partial charge is 0.225 e. The number of phenols is 1. The van der Waals surface area contributed by atoms with E-state index in [1.54, 1.807) is 19.2 Å². The molecule has 1 atom stereocenters. The summed E-state index contributed by atoms with van der Waals surface area (Å²) in [5.74, 6) is 0.375. The van der Waals surface area contributed by atoms with Crippen LogP contribution >= 0.6 is 0 Å². The van der Waals surface area contributed by atoms with Crippen molar-refractivity contribution in [2.75, 3.05) is 13.6 Å². The van der Waals surface area contributed by atoms with Crippen molar-refractivity contribution in [3.05, 3.63) is 29.8 Å². The number of phenolic OH excluding ortho intramolecular Hbond substituents is 1. The second-order valence-corrected chi connectivity index (χ2v) is 6.35. The number of carbonyl (C=O) groups excluding carboxylic acids is 2. The monoisotopic (exact) mass is 303 g/mol. The summed E-state index contributed by atoms with van der Waals surface area (Å²) >= 11 is 0. The van der Waals surface area contributed by atoms with Crippen LogP contribution < -0.4 is 0 Å². The molecule has 1 amide bonds. The van der Waals surface area contributed by atoms with Gasteiger partial charge >= 0.3 is 0 Å². The molecule has 2 rings (SSSR count). The number of Topliss-reactive ketones (excluding diaryl/α,β-unsaturated/α-hetero) is 1. The fraction of sp³-hybridized carbons (Fsp3) is 0.556. The van der Waals surface area contributed by atoms with Gasteiger partial charge in [-0.05, 0) is 30.9 Å². The molecular weight excluding hydrogens is 278 g/mol. The zero-order valence-electron chi connectivity index (χ0n) is 13.4. The maximum absolute atomic E-state index is 12.5. The SMILES string of the molecule is C[C@H](C(=O)N(C)CC(=O)c1cccc(O)c1)C1CCCCC1. The quantitative estimate of drug-likeness (QED) is 0.849. The minimum atomic E-state index is -0.150. The zero-order chi connectivity index (χ0) is 16.1. The summed E-state index contributed by atoms with van der Waals surface area (Å²) in [6.07, 6.45) is 5.90. The van der Waals surface area contributed by atoms with Crippen LogP contribution in [0.5, 0.6) is 5.75 Å². The fourth-order valence-electron chi connectivity index (χ4n) is 3.25. The highest BCUT2D eigenvalue weighted by atomic mass is 16.3. The molecule has 4 heteroatoms. The third kappa shape index (κ3) is 4.09. The van der Waals surface area contributed by atoms with E-state index in [1.807, 2.05) is 6.92 Å². The maximum atomic E-state index is 12.5. The molecule has 0 aliphatic heterocycles. The highest BCUT2D eigenvalue weighted by Gasteiger charge is 2.28. The van der Waals surface area contributed by atoms with Crippen LogP contribution in [-0.2, 0) is 4.79 Å². The predicted molar refractivity (Wildman–Crippen MR) is 85.8 cm³/mol. The molecular formula is C18H25NO3. The van der Waals surface area contributed by atoms with Crippen LogP contribution in [0.2, 0.25) is 0 Å². The third-order valence-electron chi connectivity index (χ3n) is 4.67. The molecule has 1 saturated carbocycles. The van der Waals surface area contributed by atoms with Gasteiger partial charge in [-0.25, -0.2) is 0 Å². The van der Waals surface area contributed by atoms with E-state index in [4.69, 9.17) is 0 Å². The Labute approximate surface area is 132 Å². The Morgan fingerprint density at radius 1 is 1.27 bits per heavy atom. The lowest BCUT2D eigenvalue weighted by atomic mass is 9.80. The number of carbonyl (C=O) groups is 2. The molecule has 1 aliphatic carbocycles. The van der Waals surface area contributed by atoms with E-state index >= 15 is 0 Å². The largest absolute Gasteiger partial charge is 0.508 e. The van der Waals surface area contributed by atoms with E-state index in [-0.39, 0.29) is 29.9 Å². The number of amides is 1. The van der Waals surface area contributed by atoms with Gasteiger partial charge in [-0.15, -0.1) is 0 Å². The minimum absolute atomic E-state index is 0.0257. The van der Waals surface area contributed by atoms with Crippen molar-refractivity contribution >= 4 is 11.7 Å². The standard InChI is InChI=1S/C18H25NO3/c1-13(14-7-4-3-5-8-14)18(22)19(2)12-17(21)15-9-6-10-16(20)11-15/h6,9-11,13-14,20H,3-5,7-8,12H2,1-2H3/t13-/m0/s1. The van der Waals surface area contributed by atoms with Crippen LogP contribution in [0.15, 0.2) is 24.3 Å². The molecule has 4 nitrogen and oxygen atoms in total. The lowest BCUT2D eigenvalue weighted by molar-refractivity contribution is -0.135. The maximum Gasteiger partial charge on any atom is 0.225 e. The molecule has 0 unspecified atom stereocenters. The van der Waals surface area contributed by atoms with Crippen LogP contribution in [0.1, 0.15) is 49.4 Å². The predicted octanol–water partition coefficient (Wildman–Crippen LogP) is 3.25. The normalized spacial score (nSPS) is 17.0. The summed E-state index contributed by atoms with van der Waals surface area (Å²) in [5.41, 5.74) is 0.435. The van der Waals surface area contributed by atoms with E-state index in [1.165, 1.54) is 36.3 Å². The number of benzene rings is 1. The molecule has 120 valence electrons. The summed E-state index contributed by atoms with van der Waals surface area (Å²) in [5, 5.41) is 9.43. The second kappa shape index (κ2) is 7.43. The summed E-state index contributed by atoms with van der Waals surface area (Å²) in [7, 11) is 1.68. The number of likely N-dealkylation sites (N-methyl/N-ethyl adjacent to an activating group) is 1. The Hall–Kier alpha value is -1.84. The number of hydrogen-bond acceptors (Lipinski definition) is 3. The number of nitrogens with zero attached hydrogens (tertiary/aromatic N) is 1. The lowest BCUT2D eigenvalue weighted by Gasteiger charge is -2.29. The molecule has 22 heavy (non-hydrogen) atoms.